The third-order valence-electron chi connectivity index (χ3n) is 6.96. The van der Waals surface area contributed by atoms with Crippen LogP contribution in [0.25, 0.3) is 0 Å². The van der Waals surface area contributed by atoms with E-state index in [4.69, 9.17) is 14.5 Å². The SMILES string of the molecule is CCN1CCC(n2cnc(CN3CCC(O[C@H]4C[C@H](OC(C)(C)C)C4)CC3)c2)CC1. The van der Waals surface area contributed by atoms with Gasteiger partial charge in [0.1, 0.15) is 0 Å². The highest BCUT2D eigenvalue weighted by molar-refractivity contribution is 4.99. The highest BCUT2D eigenvalue weighted by atomic mass is 16.5. The first-order valence-corrected chi connectivity index (χ1v) is 12.2. The Hall–Kier alpha value is -0.950. The second-order valence-electron chi connectivity index (χ2n) is 10.5. The summed E-state index contributed by atoms with van der Waals surface area (Å²) in [6.07, 6.45) is 12.5. The van der Waals surface area contributed by atoms with E-state index in [2.05, 4.69) is 54.6 Å². The van der Waals surface area contributed by atoms with E-state index in [-0.39, 0.29) is 5.60 Å². The number of imidazole rings is 1. The van der Waals surface area contributed by atoms with E-state index in [1.165, 1.54) is 38.2 Å². The largest absolute Gasteiger partial charge is 0.375 e. The molecule has 170 valence electrons. The fourth-order valence-corrected chi connectivity index (χ4v) is 5.12. The molecule has 3 heterocycles. The summed E-state index contributed by atoms with van der Waals surface area (Å²) in [4.78, 5) is 9.80. The van der Waals surface area contributed by atoms with Crippen molar-refractivity contribution < 1.29 is 9.47 Å². The lowest BCUT2D eigenvalue weighted by molar-refractivity contribution is -0.167. The zero-order chi connectivity index (χ0) is 21.1. The molecule has 1 aromatic rings. The number of likely N-dealkylation sites (tertiary alicyclic amines) is 2. The average Bonchev–Trinajstić information content (AvgIpc) is 3.15. The zero-order valence-electron chi connectivity index (χ0n) is 19.6. The Morgan fingerprint density at radius 3 is 2.23 bits per heavy atom. The number of aromatic nitrogens is 2. The van der Waals surface area contributed by atoms with Crippen molar-refractivity contribution in [2.24, 2.45) is 0 Å². The molecule has 2 saturated heterocycles. The molecule has 0 radical (unpaired) electrons. The van der Waals surface area contributed by atoms with Crippen molar-refractivity contribution in [3.63, 3.8) is 0 Å². The molecular formula is C24H42N4O2. The van der Waals surface area contributed by atoms with Crippen molar-refractivity contribution in [3.8, 4) is 0 Å². The fourth-order valence-electron chi connectivity index (χ4n) is 5.12. The summed E-state index contributed by atoms with van der Waals surface area (Å²) in [6.45, 7) is 15.5. The van der Waals surface area contributed by atoms with Crippen molar-refractivity contribution in [1.29, 1.82) is 0 Å². The van der Waals surface area contributed by atoms with Crippen molar-refractivity contribution in [3.05, 3.63) is 18.2 Å². The highest BCUT2D eigenvalue weighted by Crippen LogP contribution is 2.32. The molecule has 0 amide bonds. The van der Waals surface area contributed by atoms with Crippen molar-refractivity contribution in [2.45, 2.75) is 103 Å². The molecule has 0 aromatic carbocycles. The fraction of sp³-hybridized carbons (Fsp3) is 0.875. The molecule has 2 aliphatic heterocycles. The van der Waals surface area contributed by atoms with Gasteiger partial charge in [-0.25, -0.2) is 4.98 Å². The van der Waals surface area contributed by atoms with Crippen molar-refractivity contribution in [1.82, 2.24) is 19.4 Å². The van der Waals surface area contributed by atoms with Gasteiger partial charge in [0, 0.05) is 45.0 Å². The molecule has 4 rings (SSSR count). The van der Waals surface area contributed by atoms with E-state index in [0.717, 1.165) is 45.3 Å². The molecule has 0 unspecified atom stereocenters. The highest BCUT2D eigenvalue weighted by Gasteiger charge is 2.35. The summed E-state index contributed by atoms with van der Waals surface area (Å²) in [6, 6.07) is 0.627. The van der Waals surface area contributed by atoms with Gasteiger partial charge < -0.3 is 18.9 Å². The van der Waals surface area contributed by atoms with Gasteiger partial charge in [0.15, 0.2) is 0 Å². The van der Waals surface area contributed by atoms with Gasteiger partial charge in [-0.3, -0.25) is 4.90 Å². The third-order valence-corrected chi connectivity index (χ3v) is 6.96. The minimum absolute atomic E-state index is 0.0409. The molecule has 0 bridgehead atoms. The van der Waals surface area contributed by atoms with E-state index < -0.39 is 0 Å². The van der Waals surface area contributed by atoms with Crippen molar-refractivity contribution >= 4 is 0 Å². The van der Waals surface area contributed by atoms with Crippen LogP contribution in [-0.4, -0.2) is 76.0 Å². The lowest BCUT2D eigenvalue weighted by Crippen LogP contribution is -2.45. The number of piperidine rings is 2. The Labute approximate surface area is 182 Å². The second kappa shape index (κ2) is 9.68. The quantitative estimate of drug-likeness (QED) is 0.673. The van der Waals surface area contributed by atoms with Gasteiger partial charge in [0.25, 0.3) is 0 Å². The standard InChI is InChI=1S/C24H42N4O2/c1-5-26-10-6-20(7-11-26)28-17-19(25-18-28)16-27-12-8-21(9-13-27)29-22-14-23(15-22)30-24(2,3)4/h17-18,20-23H,5-16H2,1-4H3/t22-,23-. The van der Waals surface area contributed by atoms with E-state index >= 15 is 0 Å². The molecule has 6 heteroatoms. The lowest BCUT2D eigenvalue weighted by Gasteiger charge is -2.42. The summed E-state index contributed by atoms with van der Waals surface area (Å²) < 4.78 is 14.7. The smallest absolute Gasteiger partial charge is 0.0952 e. The van der Waals surface area contributed by atoms with Crippen LogP contribution in [0.3, 0.4) is 0 Å². The van der Waals surface area contributed by atoms with Crippen LogP contribution in [0.15, 0.2) is 12.5 Å². The Bertz CT molecular complexity index is 648. The molecule has 3 fully saturated rings. The summed E-state index contributed by atoms with van der Waals surface area (Å²) in [5, 5.41) is 0. The molecular weight excluding hydrogens is 376 g/mol. The lowest BCUT2D eigenvalue weighted by atomic mass is 9.90. The molecule has 1 saturated carbocycles. The van der Waals surface area contributed by atoms with Crippen LogP contribution in [-0.2, 0) is 16.0 Å². The summed E-state index contributed by atoms with van der Waals surface area (Å²) in [5.41, 5.74) is 1.18. The van der Waals surface area contributed by atoms with Crippen LogP contribution < -0.4 is 0 Å². The van der Waals surface area contributed by atoms with E-state index in [9.17, 15) is 0 Å². The van der Waals surface area contributed by atoms with Gasteiger partial charge >= 0.3 is 0 Å². The van der Waals surface area contributed by atoms with Crippen molar-refractivity contribution in [2.75, 3.05) is 32.7 Å². The van der Waals surface area contributed by atoms with Crippen LogP contribution >= 0.6 is 0 Å². The van der Waals surface area contributed by atoms with Crippen LogP contribution in [0.4, 0.5) is 0 Å². The summed E-state index contributed by atoms with van der Waals surface area (Å²) in [7, 11) is 0. The maximum absolute atomic E-state index is 6.34. The molecule has 0 N–H and O–H groups in total. The number of rotatable bonds is 7. The minimum Gasteiger partial charge on any atom is -0.375 e. The Kier molecular flexibility index (Phi) is 7.18. The predicted octanol–water partition coefficient (Wildman–Crippen LogP) is 3.87. The van der Waals surface area contributed by atoms with Gasteiger partial charge in [-0.2, -0.15) is 0 Å². The summed E-state index contributed by atoms with van der Waals surface area (Å²) in [5.74, 6) is 0. The maximum atomic E-state index is 6.34. The second-order valence-corrected chi connectivity index (χ2v) is 10.5. The normalized spacial score (nSPS) is 28.0. The number of nitrogens with zero attached hydrogens (tertiary/aromatic N) is 4. The molecule has 30 heavy (non-hydrogen) atoms. The Morgan fingerprint density at radius 1 is 0.933 bits per heavy atom. The topological polar surface area (TPSA) is 42.8 Å². The number of hydrogen-bond acceptors (Lipinski definition) is 5. The van der Waals surface area contributed by atoms with Crippen LogP contribution in [0.2, 0.25) is 0 Å². The molecule has 1 aromatic heterocycles. The summed E-state index contributed by atoms with van der Waals surface area (Å²) >= 11 is 0. The minimum atomic E-state index is -0.0409. The van der Waals surface area contributed by atoms with Crippen LogP contribution in [0, 0.1) is 0 Å². The predicted molar refractivity (Wildman–Crippen MR) is 120 cm³/mol. The first-order valence-electron chi connectivity index (χ1n) is 12.2. The first-order chi connectivity index (χ1) is 14.4. The average molecular weight is 419 g/mol. The molecule has 0 atom stereocenters. The Morgan fingerprint density at radius 2 is 1.60 bits per heavy atom. The molecule has 1 aliphatic carbocycles. The van der Waals surface area contributed by atoms with Gasteiger partial charge in [-0.15, -0.1) is 0 Å². The van der Waals surface area contributed by atoms with E-state index in [0.29, 0.717) is 24.4 Å². The van der Waals surface area contributed by atoms with E-state index in [1.54, 1.807) is 0 Å². The first kappa shape index (κ1) is 22.3. The Balaban J connectivity index is 1.14. The van der Waals surface area contributed by atoms with Gasteiger partial charge in [-0.05, 0) is 65.8 Å². The van der Waals surface area contributed by atoms with Gasteiger partial charge in [-0.1, -0.05) is 6.92 Å². The van der Waals surface area contributed by atoms with Gasteiger partial charge in [0.05, 0.1) is 35.9 Å². The van der Waals surface area contributed by atoms with Crippen LogP contribution in [0.1, 0.15) is 78.0 Å². The molecule has 0 spiro atoms. The molecule has 6 nitrogen and oxygen atoms in total. The van der Waals surface area contributed by atoms with E-state index in [1.807, 2.05) is 0 Å². The molecule has 3 aliphatic rings. The number of hydrogen-bond donors (Lipinski definition) is 0. The monoisotopic (exact) mass is 418 g/mol. The third kappa shape index (κ3) is 6.06. The van der Waals surface area contributed by atoms with Crippen LogP contribution in [0.5, 0.6) is 0 Å². The maximum Gasteiger partial charge on any atom is 0.0952 e. The van der Waals surface area contributed by atoms with Gasteiger partial charge in [0.2, 0.25) is 0 Å². The zero-order valence-corrected chi connectivity index (χ0v) is 19.6. The number of ether oxygens (including phenoxy) is 2.